The first-order valence-electron chi connectivity index (χ1n) is 15.8. The van der Waals surface area contributed by atoms with Crippen molar-refractivity contribution >= 4 is 43.6 Å². The summed E-state index contributed by atoms with van der Waals surface area (Å²) in [5.41, 5.74) is 15.6. The third-order valence-electron chi connectivity index (χ3n) is 10.5. The number of hydrogen-bond donors (Lipinski definition) is 0. The van der Waals surface area contributed by atoms with E-state index in [0.717, 1.165) is 27.5 Å². The Balaban J connectivity index is 1.38. The van der Waals surface area contributed by atoms with Crippen LogP contribution in [-0.4, -0.2) is 14.5 Å². The number of nitrogens with zero attached hydrogens (tertiary/aromatic N) is 3. The lowest BCUT2D eigenvalue weighted by atomic mass is 9.70. The summed E-state index contributed by atoms with van der Waals surface area (Å²) < 4.78 is 2.49. The summed E-state index contributed by atoms with van der Waals surface area (Å²) in [6.07, 6.45) is 3.82. The maximum Gasteiger partial charge on any atom is 0.0832 e. The molecule has 3 aromatic heterocycles. The van der Waals surface area contributed by atoms with Crippen LogP contribution in [-0.2, 0) is 5.41 Å². The van der Waals surface area contributed by atoms with E-state index in [0.29, 0.717) is 0 Å². The summed E-state index contributed by atoms with van der Waals surface area (Å²) in [5, 5.41) is 4.60. The first-order chi connectivity index (χ1) is 22.9. The van der Waals surface area contributed by atoms with E-state index in [4.69, 9.17) is 9.97 Å². The fraction of sp³-hybridized carbons (Fsp3) is 0.0233. The van der Waals surface area contributed by atoms with Gasteiger partial charge in [0.25, 0.3) is 0 Å². The van der Waals surface area contributed by atoms with Crippen molar-refractivity contribution in [2.45, 2.75) is 5.41 Å². The minimum Gasteiger partial charge on any atom is -0.308 e. The molecule has 212 valence electrons. The van der Waals surface area contributed by atoms with Crippen LogP contribution in [0, 0.1) is 0 Å². The zero-order valence-electron chi connectivity index (χ0n) is 24.8. The number of rotatable bonds is 1. The van der Waals surface area contributed by atoms with Gasteiger partial charge in [-0.05, 0) is 69.3 Å². The standard InChI is InChI=1S/C43H25N3/c1-5-16-32-27(12-1)28-13-2-6-17-33(28)43(32)34-18-7-3-15-31(34)39-35(43)23-22-30-29-14-4-8-20-37(29)46(42(30)39)38-21-9-19-36-40(38)41-26(25-45-36)11-10-24-44-41/h1-25H. The van der Waals surface area contributed by atoms with Crippen LogP contribution in [0.4, 0.5) is 0 Å². The summed E-state index contributed by atoms with van der Waals surface area (Å²) in [6.45, 7) is 0. The minimum atomic E-state index is -0.400. The number of hydrogen-bond acceptors (Lipinski definition) is 2. The topological polar surface area (TPSA) is 30.7 Å². The third-order valence-corrected chi connectivity index (χ3v) is 10.5. The number of para-hydroxylation sites is 1. The Labute approximate surface area is 265 Å². The van der Waals surface area contributed by atoms with E-state index in [-0.39, 0.29) is 0 Å². The van der Waals surface area contributed by atoms with Gasteiger partial charge in [-0.3, -0.25) is 9.97 Å². The van der Waals surface area contributed by atoms with Gasteiger partial charge in [-0.2, -0.15) is 0 Å². The van der Waals surface area contributed by atoms with E-state index in [2.05, 4.69) is 138 Å². The van der Waals surface area contributed by atoms with Gasteiger partial charge >= 0.3 is 0 Å². The van der Waals surface area contributed by atoms with Gasteiger partial charge in [-0.25, -0.2) is 0 Å². The molecule has 0 fully saturated rings. The summed E-state index contributed by atoms with van der Waals surface area (Å²) in [5.74, 6) is 0. The fourth-order valence-electron chi connectivity index (χ4n) is 8.82. The number of pyridine rings is 2. The van der Waals surface area contributed by atoms with Gasteiger partial charge in [-0.15, -0.1) is 0 Å². The zero-order chi connectivity index (χ0) is 30.0. The monoisotopic (exact) mass is 583 g/mol. The van der Waals surface area contributed by atoms with Crippen LogP contribution in [0.1, 0.15) is 22.3 Å². The Hall–Kier alpha value is -6.06. The third kappa shape index (κ3) is 2.76. The summed E-state index contributed by atoms with van der Waals surface area (Å²) in [6, 6.07) is 51.2. The normalized spacial score (nSPS) is 13.8. The number of aromatic nitrogens is 3. The largest absolute Gasteiger partial charge is 0.308 e. The van der Waals surface area contributed by atoms with E-state index < -0.39 is 5.41 Å². The molecule has 9 aromatic rings. The lowest BCUT2D eigenvalue weighted by Gasteiger charge is -2.30. The molecule has 0 aliphatic heterocycles. The summed E-state index contributed by atoms with van der Waals surface area (Å²) in [4.78, 5) is 9.81. The van der Waals surface area contributed by atoms with Gasteiger partial charge in [0.05, 0.1) is 38.6 Å². The second-order valence-corrected chi connectivity index (χ2v) is 12.5. The molecule has 0 radical (unpaired) electrons. The van der Waals surface area contributed by atoms with Crippen molar-refractivity contribution in [1.82, 2.24) is 14.5 Å². The van der Waals surface area contributed by atoms with E-state index in [1.54, 1.807) is 0 Å². The van der Waals surface area contributed by atoms with Crippen molar-refractivity contribution in [3.8, 4) is 27.9 Å². The molecule has 3 nitrogen and oxygen atoms in total. The molecule has 0 atom stereocenters. The van der Waals surface area contributed by atoms with Crippen LogP contribution in [0.25, 0.3) is 71.6 Å². The lowest BCUT2D eigenvalue weighted by molar-refractivity contribution is 0.794. The molecule has 1 spiro atoms. The molecule has 11 rings (SSSR count). The predicted molar refractivity (Wildman–Crippen MR) is 188 cm³/mol. The molecule has 2 aliphatic carbocycles. The Morgan fingerprint density at radius 1 is 0.500 bits per heavy atom. The highest BCUT2D eigenvalue weighted by atomic mass is 15.0. The molecule has 0 saturated heterocycles. The molecular formula is C43H25N3. The van der Waals surface area contributed by atoms with Gasteiger partial charge < -0.3 is 4.57 Å². The highest BCUT2D eigenvalue weighted by Gasteiger charge is 2.52. The average Bonchev–Trinajstić information content (AvgIpc) is 3.73. The van der Waals surface area contributed by atoms with Gasteiger partial charge in [-0.1, -0.05) is 109 Å². The Bertz CT molecular complexity index is 2720. The molecule has 3 heteroatoms. The lowest BCUT2D eigenvalue weighted by Crippen LogP contribution is -2.25. The highest BCUT2D eigenvalue weighted by molar-refractivity contribution is 6.18. The van der Waals surface area contributed by atoms with Crippen molar-refractivity contribution in [1.29, 1.82) is 0 Å². The first kappa shape index (κ1) is 24.3. The van der Waals surface area contributed by atoms with E-state index in [1.165, 1.54) is 66.3 Å². The molecule has 46 heavy (non-hydrogen) atoms. The van der Waals surface area contributed by atoms with Gasteiger partial charge in [0.15, 0.2) is 0 Å². The van der Waals surface area contributed by atoms with Gasteiger partial charge in [0.2, 0.25) is 0 Å². The van der Waals surface area contributed by atoms with Crippen molar-refractivity contribution in [3.05, 3.63) is 174 Å². The second-order valence-electron chi connectivity index (χ2n) is 12.5. The maximum absolute atomic E-state index is 4.90. The molecular weight excluding hydrogens is 558 g/mol. The minimum absolute atomic E-state index is 0.400. The molecule has 0 N–H and O–H groups in total. The number of benzene rings is 6. The van der Waals surface area contributed by atoms with Gasteiger partial charge in [0.1, 0.15) is 0 Å². The number of fused-ring (bicyclic) bond motifs is 17. The Kier molecular flexibility index (Phi) is 4.52. The molecule has 0 bridgehead atoms. The van der Waals surface area contributed by atoms with E-state index >= 15 is 0 Å². The van der Waals surface area contributed by atoms with Crippen LogP contribution < -0.4 is 0 Å². The fourth-order valence-corrected chi connectivity index (χ4v) is 8.82. The SMILES string of the molecule is c1ccc2c(c1)-c1ccccc1C21c2ccccc2-c2c1ccc1c3ccccc3n(-c3cccc4ncc5cccnc5c34)c21. The van der Waals surface area contributed by atoms with E-state index in [1.807, 2.05) is 18.5 Å². The summed E-state index contributed by atoms with van der Waals surface area (Å²) in [7, 11) is 0. The van der Waals surface area contributed by atoms with Crippen LogP contribution >= 0.6 is 0 Å². The van der Waals surface area contributed by atoms with Crippen LogP contribution in [0.2, 0.25) is 0 Å². The Morgan fingerprint density at radius 3 is 2.00 bits per heavy atom. The average molecular weight is 584 g/mol. The summed E-state index contributed by atoms with van der Waals surface area (Å²) >= 11 is 0. The maximum atomic E-state index is 4.90. The first-order valence-corrected chi connectivity index (χ1v) is 15.8. The van der Waals surface area contributed by atoms with Crippen molar-refractivity contribution in [2.75, 3.05) is 0 Å². The molecule has 6 aromatic carbocycles. The smallest absolute Gasteiger partial charge is 0.0832 e. The second kappa shape index (κ2) is 8.56. The molecule has 0 saturated carbocycles. The van der Waals surface area contributed by atoms with Crippen LogP contribution in [0.5, 0.6) is 0 Å². The highest BCUT2D eigenvalue weighted by Crippen LogP contribution is 2.64. The predicted octanol–water partition coefficient (Wildman–Crippen LogP) is 10.2. The molecule has 2 aliphatic rings. The molecule has 0 amide bonds. The molecule has 0 unspecified atom stereocenters. The van der Waals surface area contributed by atoms with Gasteiger partial charge in [0, 0.05) is 34.1 Å². The van der Waals surface area contributed by atoms with Crippen molar-refractivity contribution < 1.29 is 0 Å². The molecule has 3 heterocycles. The van der Waals surface area contributed by atoms with Crippen LogP contribution in [0.15, 0.2) is 152 Å². The Morgan fingerprint density at radius 2 is 1.20 bits per heavy atom. The van der Waals surface area contributed by atoms with Crippen molar-refractivity contribution in [2.24, 2.45) is 0 Å². The van der Waals surface area contributed by atoms with Crippen LogP contribution in [0.3, 0.4) is 0 Å². The van der Waals surface area contributed by atoms with Crippen molar-refractivity contribution in [3.63, 3.8) is 0 Å². The quantitative estimate of drug-likeness (QED) is 0.180. The van der Waals surface area contributed by atoms with E-state index in [9.17, 15) is 0 Å². The zero-order valence-corrected chi connectivity index (χ0v) is 24.8.